The van der Waals surface area contributed by atoms with E-state index in [9.17, 15) is 0 Å². The molecule has 3 aromatic carbocycles. The molecule has 4 rings (SSSR count). The summed E-state index contributed by atoms with van der Waals surface area (Å²) in [6, 6.07) is 28.1. The van der Waals surface area contributed by atoms with Crippen LogP contribution in [0.4, 0.5) is 4.39 Å². The van der Waals surface area contributed by atoms with Crippen molar-refractivity contribution < 1.29 is 4.39 Å². The number of benzene rings is 3. The number of aromatic nitrogens is 2. The Hall–Kier alpha value is -4.65. The van der Waals surface area contributed by atoms with Crippen molar-refractivity contribution in [3.63, 3.8) is 0 Å². The Kier molecular flexibility index (Phi) is 6.16. The molecule has 1 aromatic heterocycles. The molecule has 0 bridgehead atoms. The Morgan fingerprint density at radius 2 is 0.806 bits per heavy atom. The van der Waals surface area contributed by atoms with Gasteiger partial charge in [-0.15, -0.1) is 0 Å². The van der Waals surface area contributed by atoms with Gasteiger partial charge in [-0.3, -0.25) is 0 Å². The molecule has 0 amide bonds. The first kappa shape index (κ1) is 19.7. The van der Waals surface area contributed by atoms with Gasteiger partial charge in [-0.25, -0.2) is 14.4 Å². The highest BCUT2D eigenvalue weighted by molar-refractivity contribution is 5.47. The molecular weight excluding hydrogens is 383 g/mol. The summed E-state index contributed by atoms with van der Waals surface area (Å²) in [6.07, 6.45) is 0. The molecule has 2 nitrogen and oxygen atoms in total. The zero-order valence-corrected chi connectivity index (χ0v) is 16.4. The van der Waals surface area contributed by atoms with Crippen LogP contribution in [0.1, 0.15) is 33.9 Å². The van der Waals surface area contributed by atoms with Crippen LogP contribution < -0.4 is 0 Å². The van der Waals surface area contributed by atoms with Crippen LogP contribution in [-0.4, -0.2) is 9.97 Å². The van der Waals surface area contributed by atoms with Crippen LogP contribution in [0, 0.1) is 41.3 Å². The summed E-state index contributed by atoms with van der Waals surface area (Å²) >= 11 is 0. The average molecular weight is 398 g/mol. The molecule has 1 heterocycles. The fraction of sp³-hybridized carbons (Fsp3) is 0. The SMILES string of the molecule is Fc1c(C#Cc2ccccc2)nc(C#Cc2ccccc2)nc1C#Cc1ccccc1. The highest BCUT2D eigenvalue weighted by Crippen LogP contribution is 2.09. The number of rotatable bonds is 0. The summed E-state index contributed by atoms with van der Waals surface area (Å²) in [5.74, 6) is 16.8. The minimum Gasteiger partial charge on any atom is -0.209 e. The van der Waals surface area contributed by atoms with E-state index in [1.807, 2.05) is 91.0 Å². The Morgan fingerprint density at radius 3 is 1.19 bits per heavy atom. The normalized spacial score (nSPS) is 9.32. The van der Waals surface area contributed by atoms with Crippen LogP contribution in [0.15, 0.2) is 91.0 Å². The summed E-state index contributed by atoms with van der Waals surface area (Å²) in [4.78, 5) is 8.43. The van der Waals surface area contributed by atoms with Gasteiger partial charge in [0.05, 0.1) is 0 Å². The Bertz CT molecular complexity index is 1300. The summed E-state index contributed by atoms with van der Waals surface area (Å²) in [6.45, 7) is 0. The molecule has 0 spiro atoms. The van der Waals surface area contributed by atoms with E-state index in [4.69, 9.17) is 0 Å². The van der Waals surface area contributed by atoms with E-state index in [1.165, 1.54) is 0 Å². The summed E-state index contributed by atoms with van der Waals surface area (Å²) in [5.41, 5.74) is 2.26. The van der Waals surface area contributed by atoms with Gasteiger partial charge in [0.1, 0.15) is 0 Å². The van der Waals surface area contributed by atoms with Crippen molar-refractivity contribution in [1.29, 1.82) is 0 Å². The molecule has 0 saturated heterocycles. The van der Waals surface area contributed by atoms with Gasteiger partial charge in [-0.1, -0.05) is 72.4 Å². The van der Waals surface area contributed by atoms with Crippen LogP contribution in [-0.2, 0) is 0 Å². The van der Waals surface area contributed by atoms with Crippen LogP contribution in [0.25, 0.3) is 0 Å². The predicted molar refractivity (Wildman–Crippen MR) is 119 cm³/mol. The zero-order valence-electron chi connectivity index (χ0n) is 16.4. The Balaban J connectivity index is 1.78. The van der Waals surface area contributed by atoms with Crippen molar-refractivity contribution in [3.8, 4) is 35.5 Å². The second kappa shape index (κ2) is 9.71. The Labute approximate surface area is 180 Å². The quantitative estimate of drug-likeness (QED) is 0.397. The van der Waals surface area contributed by atoms with Gasteiger partial charge in [-0.2, -0.15) is 0 Å². The third kappa shape index (κ3) is 5.45. The van der Waals surface area contributed by atoms with E-state index in [2.05, 4.69) is 45.5 Å². The lowest BCUT2D eigenvalue weighted by atomic mass is 10.2. The van der Waals surface area contributed by atoms with Crippen molar-refractivity contribution in [2.24, 2.45) is 0 Å². The van der Waals surface area contributed by atoms with E-state index >= 15 is 4.39 Å². The maximum atomic E-state index is 15.0. The van der Waals surface area contributed by atoms with Gasteiger partial charge in [-0.05, 0) is 54.2 Å². The molecule has 0 aliphatic carbocycles. The van der Waals surface area contributed by atoms with Gasteiger partial charge in [0, 0.05) is 16.7 Å². The number of nitrogens with zero attached hydrogens (tertiary/aromatic N) is 2. The fourth-order valence-electron chi connectivity index (χ4n) is 2.62. The largest absolute Gasteiger partial charge is 0.209 e. The first-order valence-corrected chi connectivity index (χ1v) is 9.57. The average Bonchev–Trinajstić information content (AvgIpc) is 2.83. The van der Waals surface area contributed by atoms with Crippen LogP contribution in [0.3, 0.4) is 0 Å². The molecule has 0 aliphatic rings. The van der Waals surface area contributed by atoms with Crippen LogP contribution >= 0.6 is 0 Å². The highest BCUT2D eigenvalue weighted by atomic mass is 19.1. The number of hydrogen-bond acceptors (Lipinski definition) is 2. The van der Waals surface area contributed by atoms with E-state index in [0.717, 1.165) is 16.7 Å². The van der Waals surface area contributed by atoms with Gasteiger partial charge >= 0.3 is 0 Å². The minimum atomic E-state index is -0.655. The molecule has 31 heavy (non-hydrogen) atoms. The molecule has 0 radical (unpaired) electrons. The maximum Gasteiger partial charge on any atom is 0.207 e. The zero-order chi connectivity index (χ0) is 21.3. The highest BCUT2D eigenvalue weighted by Gasteiger charge is 2.11. The third-order valence-electron chi connectivity index (χ3n) is 4.14. The van der Waals surface area contributed by atoms with E-state index in [0.29, 0.717) is 0 Å². The summed E-state index contributed by atoms with van der Waals surface area (Å²) in [7, 11) is 0. The van der Waals surface area contributed by atoms with Gasteiger partial charge < -0.3 is 0 Å². The van der Waals surface area contributed by atoms with Crippen molar-refractivity contribution in [3.05, 3.63) is 131 Å². The van der Waals surface area contributed by atoms with Crippen molar-refractivity contribution in [2.75, 3.05) is 0 Å². The first-order valence-electron chi connectivity index (χ1n) is 9.57. The fourth-order valence-corrected chi connectivity index (χ4v) is 2.62. The Morgan fingerprint density at radius 1 is 0.452 bits per heavy atom. The van der Waals surface area contributed by atoms with E-state index in [-0.39, 0.29) is 17.2 Å². The molecule has 0 N–H and O–H groups in total. The molecule has 0 saturated carbocycles. The topological polar surface area (TPSA) is 25.8 Å². The molecule has 0 atom stereocenters. The van der Waals surface area contributed by atoms with Crippen molar-refractivity contribution in [1.82, 2.24) is 9.97 Å². The molecule has 0 aliphatic heterocycles. The molecule has 0 fully saturated rings. The first-order chi connectivity index (χ1) is 15.3. The molecule has 3 heteroatoms. The molecule has 144 valence electrons. The lowest BCUT2D eigenvalue weighted by Crippen LogP contribution is -2.02. The lowest BCUT2D eigenvalue weighted by Gasteiger charge is -1.99. The predicted octanol–water partition coefficient (Wildman–Crippen LogP) is 4.82. The van der Waals surface area contributed by atoms with Gasteiger partial charge in [0.25, 0.3) is 0 Å². The van der Waals surface area contributed by atoms with Gasteiger partial charge in [0.2, 0.25) is 5.82 Å². The van der Waals surface area contributed by atoms with E-state index < -0.39 is 5.82 Å². The second-order valence-corrected chi connectivity index (χ2v) is 6.41. The van der Waals surface area contributed by atoms with Gasteiger partial charge in [0.15, 0.2) is 17.2 Å². The maximum absolute atomic E-state index is 15.0. The standard InChI is InChI=1S/C28H15FN2/c29-28-25(19-16-22-10-4-1-5-11-22)30-27(21-18-24-14-8-3-9-15-24)31-26(28)20-17-23-12-6-2-7-13-23/h1-15H. The summed E-state index contributed by atoms with van der Waals surface area (Å²) < 4.78 is 15.0. The van der Waals surface area contributed by atoms with Crippen LogP contribution in [0.2, 0.25) is 0 Å². The molecule has 4 aromatic rings. The van der Waals surface area contributed by atoms with Crippen molar-refractivity contribution in [2.45, 2.75) is 0 Å². The van der Waals surface area contributed by atoms with E-state index in [1.54, 1.807) is 0 Å². The number of halogens is 1. The summed E-state index contributed by atoms with van der Waals surface area (Å²) in [5, 5.41) is 0. The van der Waals surface area contributed by atoms with Crippen LogP contribution in [0.5, 0.6) is 0 Å². The minimum absolute atomic E-state index is 0.0337. The second-order valence-electron chi connectivity index (χ2n) is 6.41. The smallest absolute Gasteiger partial charge is 0.207 e. The monoisotopic (exact) mass is 398 g/mol. The third-order valence-corrected chi connectivity index (χ3v) is 4.14. The van der Waals surface area contributed by atoms with Crippen molar-refractivity contribution >= 4 is 0 Å². The molecule has 0 unspecified atom stereocenters. The molecular formula is C28H15FN2. The number of hydrogen-bond donors (Lipinski definition) is 0. The lowest BCUT2D eigenvalue weighted by molar-refractivity contribution is 0.603.